The summed E-state index contributed by atoms with van der Waals surface area (Å²) in [5, 5.41) is 60.0. The molecule has 14 heteroatoms. The lowest BCUT2D eigenvalue weighted by Crippen LogP contribution is -2.46. The summed E-state index contributed by atoms with van der Waals surface area (Å²) in [5.41, 5.74) is 0. The minimum Gasteiger partial charge on any atom is -0.505 e. The first-order chi connectivity index (χ1) is 12.7. The molecule has 0 bridgehead atoms. The van der Waals surface area contributed by atoms with Crippen molar-refractivity contribution in [2.24, 2.45) is 0 Å². The van der Waals surface area contributed by atoms with Gasteiger partial charge in [0.25, 0.3) is 5.97 Å². The third-order valence-corrected chi connectivity index (χ3v) is 4.86. The summed E-state index contributed by atoms with van der Waals surface area (Å²) in [6, 6.07) is 0. The van der Waals surface area contributed by atoms with Gasteiger partial charge < -0.3 is 40.5 Å². The molecular weight excluding hydrogens is 489 g/mol. The van der Waals surface area contributed by atoms with Gasteiger partial charge in [-0.25, -0.2) is 0 Å². The maximum Gasteiger partial charge on any atom is 0.300 e. The number of hydrogen-bond acceptors (Lipinski definition) is 8. The molecule has 0 aliphatic heterocycles. The average molecular weight is 507 g/mol. The molecule has 0 spiro atoms. The zero-order valence-electron chi connectivity index (χ0n) is 13.9. The van der Waals surface area contributed by atoms with Crippen LogP contribution in [-0.4, -0.2) is 79.0 Å². The third kappa shape index (κ3) is 9.75. The van der Waals surface area contributed by atoms with Crippen molar-refractivity contribution in [1.82, 2.24) is 0 Å². The van der Waals surface area contributed by atoms with Crippen LogP contribution in [0.1, 0.15) is 6.92 Å². The summed E-state index contributed by atoms with van der Waals surface area (Å²) in [6.07, 6.45) is -6.84. The van der Waals surface area contributed by atoms with Gasteiger partial charge in [0.15, 0.2) is 12.0 Å². The number of rotatable bonds is 5. The second kappa shape index (κ2) is 14.4. The van der Waals surface area contributed by atoms with Gasteiger partial charge in [0.05, 0.1) is 21.7 Å². The highest BCUT2D eigenvalue weighted by Crippen LogP contribution is 2.47. The van der Waals surface area contributed by atoms with Crippen LogP contribution in [-0.2, 0) is 9.59 Å². The highest BCUT2D eigenvalue weighted by atomic mass is 35.5. The Hall–Kier alpha value is -0.590. The zero-order valence-corrected chi connectivity index (χ0v) is 17.7. The van der Waals surface area contributed by atoms with Gasteiger partial charge in [0.1, 0.15) is 34.5 Å². The molecule has 4 atom stereocenters. The van der Waals surface area contributed by atoms with Gasteiger partial charge in [-0.15, -0.1) is 0 Å². The van der Waals surface area contributed by atoms with Gasteiger partial charge in [-0.3, -0.25) is 4.79 Å². The van der Waals surface area contributed by atoms with Gasteiger partial charge in [-0.1, -0.05) is 58.0 Å². The number of carbonyl (C=O) groups excluding carboxylic acids is 1. The molecule has 0 fully saturated rings. The van der Waals surface area contributed by atoms with Crippen molar-refractivity contribution in [2.75, 3.05) is 6.61 Å². The smallest absolute Gasteiger partial charge is 0.300 e. The maximum absolute atomic E-state index is 9.90. The van der Waals surface area contributed by atoms with E-state index in [-0.39, 0.29) is 37.1 Å². The number of carbonyl (C=O) groups is 2. The molecule has 0 radical (unpaired) electrons. The van der Waals surface area contributed by atoms with E-state index in [0.29, 0.717) is 0 Å². The monoisotopic (exact) mass is 504 g/mol. The minimum atomic E-state index is -1.79. The first kappa shape index (κ1) is 29.6. The number of halogens is 5. The molecule has 0 heterocycles. The first-order valence-electron chi connectivity index (χ1n) is 6.92. The number of aldehydes is 1. The summed E-state index contributed by atoms with van der Waals surface area (Å²) >= 11 is 27.9. The van der Waals surface area contributed by atoms with E-state index < -0.39 is 37.0 Å². The van der Waals surface area contributed by atoms with Gasteiger partial charge in [-0.2, -0.15) is 0 Å². The molecule has 1 aromatic rings. The van der Waals surface area contributed by atoms with Crippen molar-refractivity contribution < 1.29 is 45.3 Å². The summed E-state index contributed by atoms with van der Waals surface area (Å²) in [4.78, 5) is 18.9. The van der Waals surface area contributed by atoms with E-state index in [9.17, 15) is 9.90 Å². The molecule has 1 rings (SSSR count). The van der Waals surface area contributed by atoms with Crippen molar-refractivity contribution >= 4 is 70.3 Å². The molecule has 7 N–H and O–H groups in total. The lowest BCUT2D eigenvalue weighted by Gasteiger charge is -2.22. The Bertz CT molecular complexity index is 550. The zero-order chi connectivity index (χ0) is 22.8. The van der Waals surface area contributed by atoms with Crippen LogP contribution in [0.4, 0.5) is 0 Å². The van der Waals surface area contributed by atoms with E-state index >= 15 is 0 Å². The molecule has 0 unspecified atom stereocenters. The molecular formula is C14H17Cl5O9. The fourth-order valence-corrected chi connectivity index (χ4v) is 2.34. The Morgan fingerprint density at radius 1 is 0.893 bits per heavy atom. The van der Waals surface area contributed by atoms with Crippen LogP contribution >= 0.6 is 58.0 Å². The lowest BCUT2D eigenvalue weighted by atomic mass is 10.0. The number of aliphatic hydroxyl groups is 5. The second-order valence-electron chi connectivity index (χ2n) is 4.80. The molecule has 28 heavy (non-hydrogen) atoms. The van der Waals surface area contributed by atoms with Crippen molar-refractivity contribution in [2.45, 2.75) is 31.3 Å². The van der Waals surface area contributed by atoms with Crippen molar-refractivity contribution in [1.29, 1.82) is 0 Å². The molecule has 0 saturated heterocycles. The van der Waals surface area contributed by atoms with Crippen molar-refractivity contribution in [3.05, 3.63) is 25.1 Å². The predicted molar refractivity (Wildman–Crippen MR) is 104 cm³/mol. The normalized spacial score (nSPS) is 14.4. The van der Waals surface area contributed by atoms with Crippen LogP contribution in [0, 0.1) is 0 Å². The third-order valence-electron chi connectivity index (χ3n) is 2.61. The van der Waals surface area contributed by atoms with Crippen molar-refractivity contribution in [3.63, 3.8) is 0 Å². The number of carboxylic acid groups (broad SMARTS) is 1. The van der Waals surface area contributed by atoms with E-state index in [2.05, 4.69) is 0 Å². The van der Waals surface area contributed by atoms with E-state index in [4.69, 9.17) is 93.4 Å². The number of aromatic hydroxyl groups is 1. The van der Waals surface area contributed by atoms with Crippen LogP contribution in [0.5, 0.6) is 5.75 Å². The fraction of sp³-hybridized carbons (Fsp3) is 0.429. The van der Waals surface area contributed by atoms with Crippen LogP contribution in [0.2, 0.25) is 25.1 Å². The molecule has 162 valence electrons. The Morgan fingerprint density at radius 2 is 1.21 bits per heavy atom. The number of aliphatic hydroxyl groups excluding tert-OH is 5. The molecule has 1 aromatic carbocycles. The minimum absolute atomic E-state index is 0.00904. The standard InChI is InChI=1S/C6HCl5O.C6H12O6.C2H4O2/c7-1-2(8)4(10)6(12)5(11)3(1)9;7-1-3(9)5(11)6(12)4(10)2-8;1-2(3)4/h12H;1,3-6,8-12H,2H2;1H3,(H,3,4)/t;3-,4+,5+,6+;/m.0./s1. The van der Waals surface area contributed by atoms with Crippen LogP contribution < -0.4 is 0 Å². The fourth-order valence-electron chi connectivity index (χ4n) is 1.21. The molecule has 0 aliphatic carbocycles. The highest BCUT2D eigenvalue weighted by molar-refractivity contribution is 6.55. The molecule has 0 amide bonds. The van der Waals surface area contributed by atoms with Crippen LogP contribution in [0.3, 0.4) is 0 Å². The number of hydrogen-bond donors (Lipinski definition) is 7. The Balaban J connectivity index is 0. The van der Waals surface area contributed by atoms with Gasteiger partial charge >= 0.3 is 0 Å². The van der Waals surface area contributed by atoms with E-state index in [1.807, 2.05) is 0 Å². The Kier molecular flexibility index (Phi) is 15.2. The quantitative estimate of drug-likeness (QED) is 0.177. The molecule has 0 saturated carbocycles. The van der Waals surface area contributed by atoms with E-state index in [1.165, 1.54) is 0 Å². The van der Waals surface area contributed by atoms with E-state index in [0.717, 1.165) is 6.92 Å². The summed E-state index contributed by atoms with van der Waals surface area (Å²) in [5.74, 6) is -1.20. The lowest BCUT2D eigenvalue weighted by molar-refractivity contribution is -0.136. The molecule has 9 nitrogen and oxygen atoms in total. The summed E-state index contributed by atoms with van der Waals surface area (Å²) < 4.78 is 0. The Labute approximate surface area is 184 Å². The summed E-state index contributed by atoms with van der Waals surface area (Å²) in [7, 11) is 0. The highest BCUT2D eigenvalue weighted by Gasteiger charge is 2.29. The van der Waals surface area contributed by atoms with Gasteiger partial charge in [-0.05, 0) is 0 Å². The number of phenols is 1. The van der Waals surface area contributed by atoms with Crippen LogP contribution in [0.25, 0.3) is 0 Å². The number of carboxylic acids is 1. The predicted octanol–water partition coefficient (Wildman–Crippen LogP) is 1.37. The van der Waals surface area contributed by atoms with Crippen LogP contribution in [0.15, 0.2) is 0 Å². The van der Waals surface area contributed by atoms with Crippen molar-refractivity contribution in [3.8, 4) is 5.75 Å². The van der Waals surface area contributed by atoms with E-state index in [1.54, 1.807) is 0 Å². The SMILES string of the molecule is CC(=O)O.O=C[C@H](O)[C@@H](O)[C@H](O)[C@H](O)CO.Oc1c(Cl)c(Cl)c(Cl)c(Cl)c1Cl. The van der Waals surface area contributed by atoms with Gasteiger partial charge in [0, 0.05) is 6.92 Å². The number of aliphatic carboxylic acids is 1. The number of phenolic OH excluding ortho intramolecular Hbond substituents is 1. The maximum atomic E-state index is 9.90. The Morgan fingerprint density at radius 3 is 1.50 bits per heavy atom. The van der Waals surface area contributed by atoms with Gasteiger partial charge in [0.2, 0.25) is 0 Å². The largest absolute Gasteiger partial charge is 0.505 e. The molecule has 0 aliphatic rings. The number of benzene rings is 1. The second-order valence-corrected chi connectivity index (χ2v) is 6.69. The molecule has 0 aromatic heterocycles. The topological polar surface area (TPSA) is 176 Å². The summed E-state index contributed by atoms with van der Waals surface area (Å²) in [6.45, 7) is 0.323. The average Bonchev–Trinajstić information content (AvgIpc) is 2.66. The first-order valence-corrected chi connectivity index (χ1v) is 8.81.